The molecular formula is C18H13F3N2O2. The maximum atomic E-state index is 12.7. The quantitative estimate of drug-likeness (QED) is 0.714. The number of pyridine rings is 1. The largest absolute Gasteiger partial charge is 0.506 e. The molecule has 1 heterocycles. The van der Waals surface area contributed by atoms with E-state index in [-0.39, 0.29) is 17.5 Å². The van der Waals surface area contributed by atoms with Crippen molar-refractivity contribution in [3.05, 3.63) is 54.1 Å². The standard InChI is InChI=1S/C18H13F3N2O2/c1-10(24)22-17-14(9-12-3-2-4-15(25)16(12)23-17)11-5-7-13(8-6-11)18(19,20)21/h2-9,25H,1H3,(H,22,23,24). The highest BCUT2D eigenvalue weighted by molar-refractivity contribution is 5.98. The Bertz CT molecular complexity index is 951. The zero-order chi connectivity index (χ0) is 18.2. The van der Waals surface area contributed by atoms with Gasteiger partial charge in [0.15, 0.2) is 0 Å². The number of benzene rings is 2. The molecule has 0 aliphatic rings. The SMILES string of the molecule is CC(=O)Nc1nc2c(O)cccc2cc1-c1ccc(C(F)(F)F)cc1. The summed E-state index contributed by atoms with van der Waals surface area (Å²) in [6, 6.07) is 11.1. The molecule has 0 spiro atoms. The Morgan fingerprint density at radius 3 is 2.40 bits per heavy atom. The normalized spacial score (nSPS) is 11.5. The minimum atomic E-state index is -4.42. The van der Waals surface area contributed by atoms with Crippen molar-refractivity contribution in [2.45, 2.75) is 13.1 Å². The van der Waals surface area contributed by atoms with E-state index in [0.29, 0.717) is 22.0 Å². The van der Waals surface area contributed by atoms with E-state index in [1.165, 1.54) is 25.1 Å². The van der Waals surface area contributed by atoms with E-state index >= 15 is 0 Å². The lowest BCUT2D eigenvalue weighted by atomic mass is 10.0. The molecule has 0 unspecified atom stereocenters. The molecule has 0 radical (unpaired) electrons. The van der Waals surface area contributed by atoms with Crippen LogP contribution in [0.4, 0.5) is 19.0 Å². The highest BCUT2D eigenvalue weighted by Crippen LogP contribution is 2.35. The maximum absolute atomic E-state index is 12.7. The first-order valence-corrected chi connectivity index (χ1v) is 7.33. The smallest absolute Gasteiger partial charge is 0.416 e. The van der Waals surface area contributed by atoms with E-state index in [4.69, 9.17) is 0 Å². The Hall–Kier alpha value is -3.09. The van der Waals surface area contributed by atoms with Crippen molar-refractivity contribution in [2.75, 3.05) is 5.32 Å². The first-order chi connectivity index (χ1) is 11.8. The van der Waals surface area contributed by atoms with Crippen LogP contribution >= 0.6 is 0 Å². The molecule has 2 N–H and O–H groups in total. The summed E-state index contributed by atoms with van der Waals surface area (Å²) in [6.07, 6.45) is -4.42. The van der Waals surface area contributed by atoms with Crippen LogP contribution in [0.5, 0.6) is 5.75 Å². The lowest BCUT2D eigenvalue weighted by molar-refractivity contribution is -0.137. The molecule has 0 aliphatic carbocycles. The zero-order valence-corrected chi connectivity index (χ0v) is 13.1. The number of anilines is 1. The number of carbonyl (C=O) groups is 1. The Kier molecular flexibility index (Phi) is 4.08. The Balaban J connectivity index is 2.18. The number of fused-ring (bicyclic) bond motifs is 1. The first-order valence-electron chi connectivity index (χ1n) is 7.33. The highest BCUT2D eigenvalue weighted by Gasteiger charge is 2.30. The molecule has 0 aliphatic heterocycles. The summed E-state index contributed by atoms with van der Waals surface area (Å²) in [5.41, 5.74) is 0.460. The van der Waals surface area contributed by atoms with Crippen LogP contribution in [0.1, 0.15) is 12.5 Å². The Morgan fingerprint density at radius 1 is 1.12 bits per heavy atom. The number of para-hydroxylation sites is 1. The number of amides is 1. The summed E-state index contributed by atoms with van der Waals surface area (Å²) >= 11 is 0. The molecule has 128 valence electrons. The third-order valence-corrected chi connectivity index (χ3v) is 3.64. The number of aromatic hydroxyl groups is 1. The Morgan fingerprint density at radius 2 is 1.80 bits per heavy atom. The van der Waals surface area contributed by atoms with Gasteiger partial charge in [0.25, 0.3) is 0 Å². The second-order valence-corrected chi connectivity index (χ2v) is 5.49. The van der Waals surface area contributed by atoms with E-state index in [1.807, 2.05) is 0 Å². The van der Waals surface area contributed by atoms with Crippen LogP contribution in [0.2, 0.25) is 0 Å². The van der Waals surface area contributed by atoms with Gasteiger partial charge in [-0.05, 0) is 29.8 Å². The van der Waals surface area contributed by atoms with Crippen molar-refractivity contribution in [1.82, 2.24) is 4.98 Å². The minimum absolute atomic E-state index is 0.0527. The van der Waals surface area contributed by atoms with Crippen molar-refractivity contribution in [2.24, 2.45) is 0 Å². The predicted molar refractivity (Wildman–Crippen MR) is 88.1 cm³/mol. The van der Waals surface area contributed by atoms with Gasteiger partial charge in [-0.1, -0.05) is 24.3 Å². The van der Waals surface area contributed by atoms with Gasteiger partial charge in [-0.25, -0.2) is 4.98 Å². The maximum Gasteiger partial charge on any atom is 0.416 e. The van der Waals surface area contributed by atoms with Crippen molar-refractivity contribution in [3.8, 4) is 16.9 Å². The van der Waals surface area contributed by atoms with E-state index in [2.05, 4.69) is 10.3 Å². The van der Waals surface area contributed by atoms with Crippen molar-refractivity contribution in [3.63, 3.8) is 0 Å². The number of rotatable bonds is 2. The molecule has 25 heavy (non-hydrogen) atoms. The molecule has 0 atom stereocenters. The number of aromatic nitrogens is 1. The van der Waals surface area contributed by atoms with Gasteiger partial charge >= 0.3 is 6.18 Å². The number of phenolic OH excluding ortho intramolecular Hbond substituents is 1. The van der Waals surface area contributed by atoms with Crippen molar-refractivity contribution < 1.29 is 23.1 Å². The van der Waals surface area contributed by atoms with Crippen LogP contribution in [0.15, 0.2) is 48.5 Å². The van der Waals surface area contributed by atoms with Gasteiger partial charge in [0.1, 0.15) is 17.1 Å². The third kappa shape index (κ3) is 3.40. The summed E-state index contributed by atoms with van der Waals surface area (Å²) in [5.74, 6) is -0.264. The van der Waals surface area contributed by atoms with Gasteiger partial charge in [-0.2, -0.15) is 13.2 Å². The molecule has 0 bridgehead atoms. The molecule has 1 aromatic heterocycles. The summed E-state index contributed by atoms with van der Waals surface area (Å²) in [7, 11) is 0. The van der Waals surface area contributed by atoms with Crippen LogP contribution < -0.4 is 5.32 Å². The minimum Gasteiger partial charge on any atom is -0.506 e. The summed E-state index contributed by atoms with van der Waals surface area (Å²) in [4.78, 5) is 15.7. The molecule has 0 fully saturated rings. The molecule has 0 saturated carbocycles. The van der Waals surface area contributed by atoms with Gasteiger partial charge in [0, 0.05) is 17.9 Å². The fourth-order valence-corrected chi connectivity index (χ4v) is 2.50. The van der Waals surface area contributed by atoms with Gasteiger partial charge in [-0.15, -0.1) is 0 Å². The van der Waals surface area contributed by atoms with E-state index in [9.17, 15) is 23.1 Å². The first kappa shape index (κ1) is 16.8. The van der Waals surface area contributed by atoms with Gasteiger partial charge in [0.2, 0.25) is 5.91 Å². The van der Waals surface area contributed by atoms with Crippen LogP contribution in [0, 0.1) is 0 Å². The molecule has 2 aromatic carbocycles. The van der Waals surface area contributed by atoms with Gasteiger partial charge in [-0.3, -0.25) is 4.79 Å². The number of nitrogens with zero attached hydrogens (tertiary/aromatic N) is 1. The second kappa shape index (κ2) is 6.08. The summed E-state index contributed by atoms with van der Waals surface area (Å²) < 4.78 is 38.2. The van der Waals surface area contributed by atoms with Gasteiger partial charge < -0.3 is 10.4 Å². The summed E-state index contributed by atoms with van der Waals surface area (Å²) in [6.45, 7) is 1.30. The number of phenols is 1. The average molecular weight is 346 g/mol. The lowest BCUT2D eigenvalue weighted by Crippen LogP contribution is -2.09. The number of hydrogen-bond donors (Lipinski definition) is 2. The molecule has 7 heteroatoms. The van der Waals surface area contributed by atoms with E-state index in [0.717, 1.165) is 12.1 Å². The average Bonchev–Trinajstić information content (AvgIpc) is 2.54. The Labute approximate surface area is 140 Å². The molecule has 1 amide bonds. The number of alkyl halides is 3. The molecule has 0 saturated heterocycles. The molecule has 3 aromatic rings. The van der Waals surface area contributed by atoms with Gasteiger partial charge in [0.05, 0.1) is 5.56 Å². The van der Waals surface area contributed by atoms with E-state index in [1.54, 1.807) is 18.2 Å². The monoisotopic (exact) mass is 346 g/mol. The number of nitrogens with one attached hydrogen (secondary N) is 1. The number of carbonyl (C=O) groups excluding carboxylic acids is 1. The molecular weight excluding hydrogens is 333 g/mol. The fraction of sp³-hybridized carbons (Fsp3) is 0.111. The predicted octanol–water partition coefficient (Wildman–Crippen LogP) is 4.58. The number of hydrogen-bond acceptors (Lipinski definition) is 3. The fourth-order valence-electron chi connectivity index (χ4n) is 2.50. The molecule has 4 nitrogen and oxygen atoms in total. The molecule has 3 rings (SSSR count). The topological polar surface area (TPSA) is 62.2 Å². The highest BCUT2D eigenvalue weighted by atomic mass is 19.4. The third-order valence-electron chi connectivity index (χ3n) is 3.64. The van der Waals surface area contributed by atoms with Crippen molar-refractivity contribution >= 4 is 22.6 Å². The number of halogens is 3. The van der Waals surface area contributed by atoms with Crippen molar-refractivity contribution in [1.29, 1.82) is 0 Å². The van der Waals surface area contributed by atoms with E-state index < -0.39 is 11.7 Å². The van der Waals surface area contributed by atoms with Crippen LogP contribution in [0.3, 0.4) is 0 Å². The summed E-state index contributed by atoms with van der Waals surface area (Å²) in [5, 5.41) is 13.1. The van der Waals surface area contributed by atoms with Crippen LogP contribution in [-0.4, -0.2) is 16.0 Å². The van der Waals surface area contributed by atoms with Crippen LogP contribution in [0.25, 0.3) is 22.0 Å². The second-order valence-electron chi connectivity index (χ2n) is 5.49. The lowest BCUT2D eigenvalue weighted by Gasteiger charge is -2.13. The van der Waals surface area contributed by atoms with Crippen LogP contribution in [-0.2, 0) is 11.0 Å². The zero-order valence-electron chi connectivity index (χ0n) is 13.1.